The predicted octanol–water partition coefficient (Wildman–Crippen LogP) is -6.76. The Morgan fingerprint density at radius 2 is 0.792 bits per heavy atom. The molecule has 0 radical (unpaired) electrons. The van der Waals surface area contributed by atoms with Gasteiger partial charge in [0.15, 0.2) is 12.6 Å². The van der Waals surface area contributed by atoms with Crippen LogP contribution in [0.25, 0.3) is 0 Å². The molecule has 12 nitrogen and oxygen atoms in total. The van der Waals surface area contributed by atoms with Gasteiger partial charge in [0, 0.05) is 0 Å². The van der Waals surface area contributed by atoms with Gasteiger partial charge in [-0.1, -0.05) is 0 Å². The van der Waals surface area contributed by atoms with Crippen molar-refractivity contribution >= 4 is 12.6 Å². The molecule has 0 aromatic rings. The lowest BCUT2D eigenvalue weighted by Gasteiger charge is -2.22. The van der Waals surface area contributed by atoms with Crippen molar-refractivity contribution in [3.63, 3.8) is 0 Å². The van der Waals surface area contributed by atoms with Gasteiger partial charge in [0.1, 0.15) is 48.8 Å². The third-order valence-corrected chi connectivity index (χ3v) is 2.84. The Kier molecular flexibility index (Phi) is 13.9. The van der Waals surface area contributed by atoms with Crippen LogP contribution in [0.5, 0.6) is 0 Å². The van der Waals surface area contributed by atoms with Gasteiger partial charge in [-0.05, 0) is 0 Å². The van der Waals surface area contributed by atoms with E-state index >= 15 is 0 Å². The second-order valence-electron chi connectivity index (χ2n) is 4.72. The summed E-state index contributed by atoms with van der Waals surface area (Å²) in [5.41, 5.74) is 0. The zero-order valence-electron chi connectivity index (χ0n) is 12.5. The van der Waals surface area contributed by atoms with Crippen LogP contribution in [0.3, 0.4) is 0 Å². The molecule has 0 bridgehead atoms. The van der Waals surface area contributed by atoms with Crippen LogP contribution in [0.4, 0.5) is 0 Å². The minimum Gasteiger partial charge on any atom is -0.394 e. The van der Waals surface area contributed by atoms with E-state index in [1.807, 2.05) is 0 Å². The lowest BCUT2D eigenvalue weighted by Crippen LogP contribution is -2.46. The van der Waals surface area contributed by atoms with E-state index in [-0.39, 0.29) is 12.6 Å². The molecular formula is C12H24O12. The van der Waals surface area contributed by atoms with E-state index in [1.54, 1.807) is 0 Å². The van der Waals surface area contributed by atoms with Gasteiger partial charge in [0.05, 0.1) is 13.2 Å². The normalized spacial score (nSPS) is 21.1. The van der Waals surface area contributed by atoms with Crippen molar-refractivity contribution in [2.45, 2.75) is 48.8 Å². The molecule has 10 N–H and O–H groups in total. The molecule has 0 rings (SSSR count). The first-order chi connectivity index (χ1) is 11.1. The van der Waals surface area contributed by atoms with Crippen LogP contribution in [0.15, 0.2) is 0 Å². The maximum atomic E-state index is 9.90. The Hall–Kier alpha value is -1.06. The lowest BCUT2D eigenvalue weighted by atomic mass is 10.0. The van der Waals surface area contributed by atoms with Crippen LogP contribution in [-0.4, -0.2) is 126 Å². The number of rotatable bonds is 10. The topological polar surface area (TPSA) is 236 Å². The van der Waals surface area contributed by atoms with Crippen LogP contribution in [-0.2, 0) is 9.59 Å². The van der Waals surface area contributed by atoms with E-state index in [9.17, 15) is 9.59 Å². The summed E-state index contributed by atoms with van der Waals surface area (Å²) in [6, 6.07) is 0. The average molecular weight is 360 g/mol. The number of carbonyl (C=O) groups excluding carboxylic acids is 2. The Morgan fingerprint density at radius 1 is 0.542 bits per heavy atom. The highest BCUT2D eigenvalue weighted by Crippen LogP contribution is 2.03. The van der Waals surface area contributed by atoms with Crippen molar-refractivity contribution in [2.24, 2.45) is 0 Å². The van der Waals surface area contributed by atoms with Crippen LogP contribution in [0.2, 0.25) is 0 Å². The summed E-state index contributed by atoms with van der Waals surface area (Å²) in [6.45, 7) is -1.52. The quantitative estimate of drug-likeness (QED) is 0.164. The summed E-state index contributed by atoms with van der Waals surface area (Å²) in [4.78, 5) is 19.8. The maximum absolute atomic E-state index is 9.90. The van der Waals surface area contributed by atoms with Crippen molar-refractivity contribution in [1.82, 2.24) is 0 Å². The van der Waals surface area contributed by atoms with Gasteiger partial charge in [0.25, 0.3) is 0 Å². The van der Waals surface area contributed by atoms with Crippen molar-refractivity contribution in [2.75, 3.05) is 13.2 Å². The number of carbonyl (C=O) groups is 2. The molecule has 12 heteroatoms. The first-order valence-electron chi connectivity index (χ1n) is 6.65. The molecule has 0 saturated heterocycles. The maximum Gasteiger partial charge on any atom is 0.151 e. The fourth-order valence-corrected chi connectivity index (χ4v) is 1.24. The molecule has 0 fully saturated rings. The molecule has 0 unspecified atom stereocenters. The second-order valence-corrected chi connectivity index (χ2v) is 4.72. The molecule has 8 atom stereocenters. The van der Waals surface area contributed by atoms with Crippen LogP contribution in [0, 0.1) is 0 Å². The highest BCUT2D eigenvalue weighted by molar-refractivity contribution is 5.57. The van der Waals surface area contributed by atoms with Crippen molar-refractivity contribution in [3.8, 4) is 0 Å². The van der Waals surface area contributed by atoms with Crippen LogP contribution in [0.1, 0.15) is 0 Å². The van der Waals surface area contributed by atoms with E-state index in [2.05, 4.69) is 0 Å². The zero-order valence-corrected chi connectivity index (χ0v) is 12.5. The molecule has 0 aromatic carbocycles. The molecule has 0 aromatic heterocycles. The molecule has 0 aliphatic carbocycles. The largest absolute Gasteiger partial charge is 0.394 e. The van der Waals surface area contributed by atoms with Gasteiger partial charge >= 0.3 is 0 Å². The predicted molar refractivity (Wildman–Crippen MR) is 74.4 cm³/mol. The Morgan fingerprint density at radius 3 is 0.958 bits per heavy atom. The van der Waals surface area contributed by atoms with Gasteiger partial charge in [-0.25, -0.2) is 0 Å². The SMILES string of the molecule is O=C[C@@H](O)[C@H](O)[C@@H](O)[C@H](O)CO.O=C[C@H](O)[C@@H](O)[C@H](O)[C@@H](O)CO. The zero-order chi connectivity index (χ0) is 19.4. The summed E-state index contributed by atoms with van der Waals surface area (Å²) in [5.74, 6) is 0. The molecule has 0 amide bonds. The Balaban J connectivity index is 0. The van der Waals surface area contributed by atoms with E-state index in [0.717, 1.165) is 0 Å². The number of aliphatic hydroxyl groups excluding tert-OH is 10. The van der Waals surface area contributed by atoms with Crippen LogP contribution >= 0.6 is 0 Å². The third kappa shape index (κ3) is 8.70. The monoisotopic (exact) mass is 360 g/mol. The number of aldehydes is 2. The van der Waals surface area contributed by atoms with Gasteiger partial charge in [-0.15, -0.1) is 0 Å². The molecule has 0 heterocycles. The lowest BCUT2D eigenvalue weighted by molar-refractivity contribution is -0.136. The molecule has 144 valence electrons. The van der Waals surface area contributed by atoms with E-state index in [0.29, 0.717) is 0 Å². The van der Waals surface area contributed by atoms with Gasteiger partial charge in [0.2, 0.25) is 0 Å². The Bertz CT molecular complexity index is 308. The second kappa shape index (κ2) is 13.3. The summed E-state index contributed by atoms with van der Waals surface area (Å²) >= 11 is 0. The van der Waals surface area contributed by atoms with Gasteiger partial charge < -0.3 is 60.7 Å². The fraction of sp³-hybridized carbons (Fsp3) is 0.833. The van der Waals surface area contributed by atoms with Crippen molar-refractivity contribution < 1.29 is 60.7 Å². The average Bonchev–Trinajstić information content (AvgIpc) is 2.62. The van der Waals surface area contributed by atoms with Crippen LogP contribution < -0.4 is 0 Å². The fourth-order valence-electron chi connectivity index (χ4n) is 1.24. The summed E-state index contributed by atoms with van der Waals surface area (Å²) in [7, 11) is 0. The molecule has 24 heavy (non-hydrogen) atoms. The Labute approximate surface area is 136 Å². The molecular weight excluding hydrogens is 336 g/mol. The van der Waals surface area contributed by atoms with Crippen molar-refractivity contribution in [3.05, 3.63) is 0 Å². The minimum absolute atomic E-state index is 0.0258. The van der Waals surface area contributed by atoms with E-state index in [4.69, 9.17) is 51.1 Å². The third-order valence-electron chi connectivity index (χ3n) is 2.84. The summed E-state index contributed by atoms with van der Waals surface area (Å²) < 4.78 is 0. The van der Waals surface area contributed by atoms with E-state index < -0.39 is 62.0 Å². The highest BCUT2D eigenvalue weighted by atomic mass is 16.4. The first-order valence-corrected chi connectivity index (χ1v) is 6.65. The van der Waals surface area contributed by atoms with Crippen molar-refractivity contribution in [1.29, 1.82) is 0 Å². The highest BCUT2D eigenvalue weighted by Gasteiger charge is 2.30. The number of hydrogen-bond acceptors (Lipinski definition) is 12. The molecule has 0 spiro atoms. The van der Waals surface area contributed by atoms with Gasteiger partial charge in [-0.2, -0.15) is 0 Å². The molecule has 0 saturated carbocycles. The first kappa shape index (κ1) is 25.2. The number of hydrogen-bond donors (Lipinski definition) is 10. The number of aliphatic hydroxyl groups is 10. The van der Waals surface area contributed by atoms with E-state index in [1.165, 1.54) is 0 Å². The smallest absolute Gasteiger partial charge is 0.151 e. The minimum atomic E-state index is -1.79. The molecule has 0 aliphatic rings. The molecule has 0 aliphatic heterocycles. The van der Waals surface area contributed by atoms with Gasteiger partial charge in [-0.3, -0.25) is 0 Å². The summed E-state index contributed by atoms with van der Waals surface area (Å²) in [6.07, 6.45) is -13.7. The standard InChI is InChI=1S/2C6H12O6/c2*7-1-3(9)5(11)6(12)4(10)2-8/h2*1,3-6,8-12H,2H2/t2*3-,4-,5+,6+/m10/s1. The summed E-state index contributed by atoms with van der Waals surface area (Å²) in [5, 5.41) is 87.1.